The predicted octanol–water partition coefficient (Wildman–Crippen LogP) is 2.34. The van der Waals surface area contributed by atoms with Crippen LogP contribution in [-0.2, 0) is 14.8 Å². The highest BCUT2D eigenvalue weighted by atomic mass is 32.2. The van der Waals surface area contributed by atoms with Crippen LogP contribution in [0.1, 0.15) is 32.1 Å². The first-order valence-electron chi connectivity index (χ1n) is 7.27. The summed E-state index contributed by atoms with van der Waals surface area (Å²) >= 11 is 0. The van der Waals surface area contributed by atoms with Crippen LogP contribution in [0, 0.1) is 5.92 Å². The van der Waals surface area contributed by atoms with Gasteiger partial charge in [0.2, 0.25) is 10.0 Å². The molecule has 21 heavy (non-hydrogen) atoms. The maximum absolute atomic E-state index is 12.4. The van der Waals surface area contributed by atoms with Gasteiger partial charge in [-0.2, -0.15) is 4.31 Å². The molecule has 0 spiro atoms. The van der Waals surface area contributed by atoms with Crippen molar-refractivity contribution in [2.75, 3.05) is 13.1 Å². The molecule has 0 unspecified atom stereocenters. The van der Waals surface area contributed by atoms with Crippen molar-refractivity contribution < 1.29 is 18.3 Å². The topological polar surface area (TPSA) is 74.7 Å². The zero-order valence-electron chi connectivity index (χ0n) is 11.9. The zero-order valence-corrected chi connectivity index (χ0v) is 12.8. The summed E-state index contributed by atoms with van der Waals surface area (Å²) in [5.41, 5.74) is 0. The normalized spacial score (nSPS) is 17.7. The number of hydrogen-bond acceptors (Lipinski definition) is 3. The third-order valence-corrected chi connectivity index (χ3v) is 5.87. The van der Waals surface area contributed by atoms with Crippen molar-refractivity contribution in [3.8, 4) is 0 Å². The minimum Gasteiger partial charge on any atom is -0.481 e. The van der Waals surface area contributed by atoms with Crippen LogP contribution in [0.2, 0.25) is 0 Å². The van der Waals surface area contributed by atoms with E-state index >= 15 is 0 Å². The smallest absolute Gasteiger partial charge is 0.303 e. The molecule has 5 nitrogen and oxygen atoms in total. The van der Waals surface area contributed by atoms with E-state index in [0.29, 0.717) is 30.3 Å². The van der Waals surface area contributed by atoms with E-state index in [1.54, 1.807) is 30.3 Å². The van der Waals surface area contributed by atoms with Crippen LogP contribution >= 0.6 is 0 Å². The largest absolute Gasteiger partial charge is 0.481 e. The minimum atomic E-state index is -3.38. The fraction of sp³-hybridized carbons (Fsp3) is 0.533. The van der Waals surface area contributed by atoms with E-state index < -0.39 is 16.0 Å². The highest BCUT2D eigenvalue weighted by Crippen LogP contribution is 2.26. The molecule has 0 saturated carbocycles. The number of carbonyl (C=O) groups is 1. The molecule has 1 aliphatic rings. The Morgan fingerprint density at radius 2 is 1.81 bits per heavy atom. The molecule has 0 aromatic heterocycles. The summed E-state index contributed by atoms with van der Waals surface area (Å²) in [6, 6.07) is 8.49. The van der Waals surface area contributed by atoms with Crippen molar-refractivity contribution in [3.05, 3.63) is 30.3 Å². The van der Waals surface area contributed by atoms with Gasteiger partial charge in [0.15, 0.2) is 0 Å². The average Bonchev–Trinajstić information content (AvgIpc) is 2.48. The second-order valence-electron chi connectivity index (χ2n) is 5.45. The molecule has 2 rings (SSSR count). The lowest BCUT2D eigenvalue weighted by molar-refractivity contribution is -0.137. The minimum absolute atomic E-state index is 0.197. The Balaban J connectivity index is 1.88. The van der Waals surface area contributed by atoms with Crippen LogP contribution in [0.5, 0.6) is 0 Å². The molecule has 1 aromatic carbocycles. The Hall–Kier alpha value is -1.40. The van der Waals surface area contributed by atoms with E-state index in [-0.39, 0.29) is 6.42 Å². The molecule has 0 aliphatic carbocycles. The van der Waals surface area contributed by atoms with Gasteiger partial charge in [-0.25, -0.2) is 8.42 Å². The molecule has 1 N–H and O–H groups in total. The van der Waals surface area contributed by atoms with Crippen LogP contribution in [0.4, 0.5) is 0 Å². The molecule has 0 amide bonds. The van der Waals surface area contributed by atoms with Gasteiger partial charge >= 0.3 is 5.97 Å². The number of rotatable bonds is 6. The van der Waals surface area contributed by atoms with Crippen LogP contribution in [-0.4, -0.2) is 36.9 Å². The van der Waals surface area contributed by atoms with Crippen molar-refractivity contribution in [2.45, 2.75) is 37.0 Å². The van der Waals surface area contributed by atoms with Crippen molar-refractivity contribution in [2.24, 2.45) is 5.92 Å². The Morgan fingerprint density at radius 3 is 2.38 bits per heavy atom. The number of nitrogens with zero attached hydrogens (tertiary/aromatic N) is 1. The van der Waals surface area contributed by atoms with Gasteiger partial charge in [0.1, 0.15) is 0 Å². The van der Waals surface area contributed by atoms with E-state index in [1.165, 1.54) is 4.31 Å². The summed E-state index contributed by atoms with van der Waals surface area (Å²) in [6.45, 7) is 1.05. The lowest BCUT2D eigenvalue weighted by Gasteiger charge is -2.31. The van der Waals surface area contributed by atoms with Crippen LogP contribution in [0.25, 0.3) is 0 Å². The summed E-state index contributed by atoms with van der Waals surface area (Å²) in [7, 11) is -3.38. The Labute approximate surface area is 125 Å². The molecular weight excluding hydrogens is 290 g/mol. The first-order valence-corrected chi connectivity index (χ1v) is 8.71. The number of hydrogen-bond donors (Lipinski definition) is 1. The fourth-order valence-corrected chi connectivity index (χ4v) is 4.21. The summed E-state index contributed by atoms with van der Waals surface area (Å²) in [5, 5.41) is 8.63. The van der Waals surface area contributed by atoms with Crippen LogP contribution in [0.3, 0.4) is 0 Å². The standard InChI is InChI=1S/C15H21NO4S/c17-15(18)8-4-5-13-9-11-16(12-10-13)21(19,20)14-6-2-1-3-7-14/h1-3,6-7,13H,4-5,8-12H2,(H,17,18). The Morgan fingerprint density at radius 1 is 1.19 bits per heavy atom. The van der Waals surface area contributed by atoms with E-state index in [4.69, 9.17) is 5.11 Å². The van der Waals surface area contributed by atoms with Gasteiger partial charge in [0.25, 0.3) is 0 Å². The SMILES string of the molecule is O=C(O)CCCC1CCN(S(=O)(=O)c2ccccc2)CC1. The average molecular weight is 311 g/mol. The second-order valence-corrected chi connectivity index (χ2v) is 7.38. The van der Waals surface area contributed by atoms with Crippen LogP contribution in [0.15, 0.2) is 35.2 Å². The van der Waals surface area contributed by atoms with Crippen molar-refractivity contribution in [3.63, 3.8) is 0 Å². The lowest BCUT2D eigenvalue weighted by atomic mass is 9.92. The van der Waals surface area contributed by atoms with Crippen molar-refractivity contribution >= 4 is 16.0 Å². The van der Waals surface area contributed by atoms with E-state index in [0.717, 1.165) is 19.3 Å². The molecule has 0 bridgehead atoms. The van der Waals surface area contributed by atoms with Gasteiger partial charge in [0.05, 0.1) is 4.90 Å². The maximum atomic E-state index is 12.4. The number of benzene rings is 1. The molecule has 0 radical (unpaired) electrons. The number of carboxylic acid groups (broad SMARTS) is 1. The van der Waals surface area contributed by atoms with E-state index in [9.17, 15) is 13.2 Å². The van der Waals surface area contributed by atoms with Gasteiger partial charge in [-0.15, -0.1) is 0 Å². The maximum Gasteiger partial charge on any atom is 0.303 e. The summed E-state index contributed by atoms with van der Waals surface area (Å²) in [6.07, 6.45) is 3.36. The quantitative estimate of drug-likeness (QED) is 0.875. The highest BCUT2D eigenvalue weighted by molar-refractivity contribution is 7.89. The van der Waals surface area contributed by atoms with E-state index in [2.05, 4.69) is 0 Å². The Kier molecular flexibility index (Phi) is 5.36. The third kappa shape index (κ3) is 4.28. The summed E-state index contributed by atoms with van der Waals surface area (Å²) in [5.74, 6) is -0.328. The molecule has 1 aliphatic heterocycles. The summed E-state index contributed by atoms with van der Waals surface area (Å²) < 4.78 is 26.4. The number of piperidine rings is 1. The van der Waals surface area contributed by atoms with E-state index in [1.807, 2.05) is 0 Å². The van der Waals surface area contributed by atoms with Crippen molar-refractivity contribution in [1.29, 1.82) is 0 Å². The molecule has 6 heteroatoms. The lowest BCUT2D eigenvalue weighted by Crippen LogP contribution is -2.38. The first-order chi connectivity index (χ1) is 10.00. The number of carboxylic acids is 1. The molecule has 116 valence electrons. The Bertz CT molecular complexity index is 563. The molecular formula is C15H21NO4S. The third-order valence-electron chi connectivity index (χ3n) is 3.96. The molecule has 0 atom stereocenters. The zero-order chi connectivity index (χ0) is 15.3. The van der Waals surface area contributed by atoms with Gasteiger partial charge in [-0.3, -0.25) is 4.79 Å². The van der Waals surface area contributed by atoms with Gasteiger partial charge in [-0.1, -0.05) is 18.2 Å². The molecule has 1 fully saturated rings. The number of sulfonamides is 1. The fourth-order valence-electron chi connectivity index (χ4n) is 2.72. The van der Waals surface area contributed by atoms with Gasteiger partial charge < -0.3 is 5.11 Å². The second kappa shape index (κ2) is 7.04. The molecule has 1 heterocycles. The first kappa shape index (κ1) is 16.0. The predicted molar refractivity (Wildman–Crippen MR) is 79.4 cm³/mol. The van der Waals surface area contributed by atoms with Gasteiger partial charge in [0, 0.05) is 19.5 Å². The molecule has 1 aromatic rings. The highest BCUT2D eigenvalue weighted by Gasteiger charge is 2.28. The summed E-state index contributed by atoms with van der Waals surface area (Å²) in [4.78, 5) is 10.8. The van der Waals surface area contributed by atoms with Gasteiger partial charge in [-0.05, 0) is 43.7 Å². The monoisotopic (exact) mass is 311 g/mol. The van der Waals surface area contributed by atoms with Crippen LogP contribution < -0.4 is 0 Å². The van der Waals surface area contributed by atoms with Crippen molar-refractivity contribution in [1.82, 2.24) is 4.31 Å². The number of aliphatic carboxylic acids is 1. The molecule has 1 saturated heterocycles.